The van der Waals surface area contributed by atoms with Gasteiger partial charge in [0, 0.05) is 20.5 Å². The lowest BCUT2D eigenvalue weighted by Crippen LogP contribution is -2.17. The molecular formula is C26H24Cl2N2O4S2. The summed E-state index contributed by atoms with van der Waals surface area (Å²) in [6.45, 7) is 2.19. The Labute approximate surface area is 227 Å². The van der Waals surface area contributed by atoms with Crippen molar-refractivity contribution < 1.29 is 19.1 Å². The number of thioether (sulfide) groups is 1. The fourth-order valence-corrected chi connectivity index (χ4v) is 6.67. The standard InChI is InChI=1S/C26H24Cl2N2O4S2/c1-14-6-8-19-21(10-14)36-25(23(19)26(33)34-2)30-22(31)13-35-17-5-3-4-16(12-17)29-24(32)18-9-7-15(27)11-20(18)28/h3-5,7,9,11-12,14H,6,8,10,13H2,1-2H3,(H,29,32)(H,30,31). The Balaban J connectivity index is 1.40. The largest absolute Gasteiger partial charge is 0.465 e. The van der Waals surface area contributed by atoms with Crippen molar-refractivity contribution in [3.8, 4) is 0 Å². The molecule has 2 amide bonds. The van der Waals surface area contributed by atoms with E-state index >= 15 is 0 Å². The predicted molar refractivity (Wildman–Crippen MR) is 147 cm³/mol. The molecule has 0 spiro atoms. The summed E-state index contributed by atoms with van der Waals surface area (Å²) in [5.74, 6) is -0.319. The van der Waals surface area contributed by atoms with Gasteiger partial charge in [-0.2, -0.15) is 0 Å². The van der Waals surface area contributed by atoms with Crippen LogP contribution in [0.2, 0.25) is 10.0 Å². The fourth-order valence-electron chi connectivity index (χ4n) is 4.00. The van der Waals surface area contributed by atoms with E-state index in [0.717, 1.165) is 34.6 Å². The quantitative estimate of drug-likeness (QED) is 0.240. The molecule has 2 N–H and O–H groups in total. The summed E-state index contributed by atoms with van der Waals surface area (Å²) < 4.78 is 4.99. The maximum absolute atomic E-state index is 12.8. The van der Waals surface area contributed by atoms with Crippen LogP contribution in [0.4, 0.5) is 10.7 Å². The lowest BCUT2D eigenvalue weighted by Gasteiger charge is -2.18. The number of ether oxygens (including phenoxy) is 1. The topological polar surface area (TPSA) is 84.5 Å². The van der Waals surface area contributed by atoms with Crippen molar-refractivity contribution in [3.63, 3.8) is 0 Å². The molecule has 1 aliphatic rings. The summed E-state index contributed by atoms with van der Waals surface area (Å²) in [4.78, 5) is 39.8. The lowest BCUT2D eigenvalue weighted by molar-refractivity contribution is -0.113. The van der Waals surface area contributed by atoms with Gasteiger partial charge < -0.3 is 15.4 Å². The summed E-state index contributed by atoms with van der Waals surface area (Å²) in [6, 6.07) is 11.9. The minimum absolute atomic E-state index is 0.139. The Kier molecular flexibility index (Phi) is 8.62. The molecule has 36 heavy (non-hydrogen) atoms. The molecule has 0 saturated carbocycles. The molecule has 10 heteroatoms. The van der Waals surface area contributed by atoms with Crippen LogP contribution in [-0.2, 0) is 22.4 Å². The molecular weight excluding hydrogens is 539 g/mol. The second-order valence-electron chi connectivity index (χ2n) is 8.49. The molecule has 0 bridgehead atoms. The number of benzene rings is 2. The van der Waals surface area contributed by atoms with Gasteiger partial charge >= 0.3 is 5.97 Å². The summed E-state index contributed by atoms with van der Waals surface area (Å²) in [6.07, 6.45) is 2.71. The number of esters is 1. The zero-order valence-corrected chi connectivity index (χ0v) is 22.8. The molecule has 4 rings (SSSR count). The summed E-state index contributed by atoms with van der Waals surface area (Å²) >= 11 is 14.8. The monoisotopic (exact) mass is 562 g/mol. The van der Waals surface area contributed by atoms with Crippen LogP contribution in [0, 0.1) is 5.92 Å². The molecule has 1 aromatic heterocycles. The lowest BCUT2D eigenvalue weighted by atomic mass is 9.88. The molecule has 188 valence electrons. The highest BCUT2D eigenvalue weighted by Crippen LogP contribution is 2.40. The van der Waals surface area contributed by atoms with Crippen LogP contribution in [-0.4, -0.2) is 30.6 Å². The first kappa shape index (κ1) is 26.5. The number of nitrogens with one attached hydrogen (secondary N) is 2. The van der Waals surface area contributed by atoms with E-state index in [1.165, 1.54) is 36.3 Å². The number of halogens is 2. The van der Waals surface area contributed by atoms with Crippen molar-refractivity contribution in [2.24, 2.45) is 5.92 Å². The first-order valence-electron chi connectivity index (χ1n) is 11.3. The Morgan fingerprint density at radius 2 is 1.94 bits per heavy atom. The van der Waals surface area contributed by atoms with Crippen LogP contribution in [0.3, 0.4) is 0 Å². The highest BCUT2D eigenvalue weighted by Gasteiger charge is 2.28. The number of fused-ring (bicyclic) bond motifs is 1. The summed E-state index contributed by atoms with van der Waals surface area (Å²) in [7, 11) is 1.35. The van der Waals surface area contributed by atoms with Gasteiger partial charge in [-0.15, -0.1) is 23.1 Å². The van der Waals surface area contributed by atoms with Crippen molar-refractivity contribution in [2.45, 2.75) is 31.1 Å². The highest BCUT2D eigenvalue weighted by atomic mass is 35.5. The van der Waals surface area contributed by atoms with E-state index in [0.29, 0.717) is 32.8 Å². The van der Waals surface area contributed by atoms with E-state index in [9.17, 15) is 14.4 Å². The van der Waals surface area contributed by atoms with E-state index in [1.54, 1.807) is 30.3 Å². The van der Waals surface area contributed by atoms with Crippen molar-refractivity contribution in [3.05, 3.63) is 74.1 Å². The van der Waals surface area contributed by atoms with Crippen LogP contribution < -0.4 is 10.6 Å². The minimum atomic E-state index is -0.422. The van der Waals surface area contributed by atoms with Gasteiger partial charge in [-0.1, -0.05) is 36.2 Å². The third-order valence-corrected chi connectivity index (χ3v) is 8.50. The average molecular weight is 564 g/mol. The molecule has 1 unspecified atom stereocenters. The number of hydrogen-bond acceptors (Lipinski definition) is 6. The molecule has 0 saturated heterocycles. The molecule has 6 nitrogen and oxygen atoms in total. The molecule has 1 heterocycles. The van der Waals surface area contributed by atoms with Gasteiger partial charge in [0.15, 0.2) is 0 Å². The first-order chi connectivity index (χ1) is 17.2. The number of methoxy groups -OCH3 is 1. The molecule has 0 aliphatic heterocycles. The van der Waals surface area contributed by atoms with Gasteiger partial charge in [-0.05, 0) is 67.1 Å². The number of anilines is 2. The van der Waals surface area contributed by atoms with Crippen LogP contribution in [0.1, 0.15) is 44.5 Å². The van der Waals surface area contributed by atoms with Gasteiger partial charge in [0.2, 0.25) is 5.91 Å². The fraction of sp³-hybridized carbons (Fsp3) is 0.269. The minimum Gasteiger partial charge on any atom is -0.465 e. The Bertz CT molecular complexity index is 1330. The van der Waals surface area contributed by atoms with E-state index in [4.69, 9.17) is 27.9 Å². The molecule has 0 fully saturated rings. The van der Waals surface area contributed by atoms with Crippen LogP contribution in [0.5, 0.6) is 0 Å². The predicted octanol–water partition coefficient (Wildman–Crippen LogP) is 6.95. The number of carbonyl (C=O) groups excluding carboxylic acids is 3. The average Bonchev–Trinajstić information content (AvgIpc) is 3.19. The maximum Gasteiger partial charge on any atom is 0.341 e. The second-order valence-corrected chi connectivity index (χ2v) is 11.5. The van der Waals surface area contributed by atoms with Gasteiger partial charge in [-0.25, -0.2) is 4.79 Å². The smallest absolute Gasteiger partial charge is 0.341 e. The molecule has 2 aromatic carbocycles. The molecule has 0 radical (unpaired) electrons. The summed E-state index contributed by atoms with van der Waals surface area (Å²) in [5, 5.41) is 6.98. The third-order valence-electron chi connectivity index (χ3n) is 5.79. The van der Waals surface area contributed by atoms with Gasteiger partial charge in [0.25, 0.3) is 5.91 Å². The zero-order chi connectivity index (χ0) is 25.8. The van der Waals surface area contributed by atoms with E-state index in [-0.39, 0.29) is 22.6 Å². The van der Waals surface area contributed by atoms with Crippen LogP contribution >= 0.6 is 46.3 Å². The number of rotatable bonds is 7. The SMILES string of the molecule is COC(=O)c1c(NC(=O)CSc2cccc(NC(=O)c3ccc(Cl)cc3Cl)c2)sc2c1CCC(C)C2. The number of hydrogen-bond donors (Lipinski definition) is 2. The van der Waals surface area contributed by atoms with Gasteiger partial charge in [0.1, 0.15) is 5.00 Å². The number of carbonyl (C=O) groups is 3. The third kappa shape index (κ3) is 6.24. The molecule has 1 atom stereocenters. The van der Waals surface area contributed by atoms with Crippen molar-refractivity contribution in [1.82, 2.24) is 0 Å². The van der Waals surface area contributed by atoms with Crippen molar-refractivity contribution in [1.29, 1.82) is 0 Å². The molecule has 1 aliphatic carbocycles. The maximum atomic E-state index is 12.8. The first-order valence-corrected chi connectivity index (χ1v) is 13.8. The van der Waals surface area contributed by atoms with E-state index < -0.39 is 5.97 Å². The van der Waals surface area contributed by atoms with Crippen molar-refractivity contribution in [2.75, 3.05) is 23.5 Å². The zero-order valence-electron chi connectivity index (χ0n) is 19.7. The Morgan fingerprint density at radius 3 is 2.69 bits per heavy atom. The highest BCUT2D eigenvalue weighted by molar-refractivity contribution is 8.00. The van der Waals surface area contributed by atoms with E-state index in [2.05, 4.69) is 17.6 Å². The van der Waals surface area contributed by atoms with Gasteiger partial charge in [-0.3, -0.25) is 9.59 Å². The van der Waals surface area contributed by atoms with Gasteiger partial charge in [0.05, 0.1) is 29.0 Å². The number of amides is 2. The summed E-state index contributed by atoms with van der Waals surface area (Å²) in [5.41, 5.74) is 2.36. The Morgan fingerprint density at radius 1 is 1.14 bits per heavy atom. The second kappa shape index (κ2) is 11.7. The molecule has 3 aromatic rings. The van der Waals surface area contributed by atoms with E-state index in [1.807, 2.05) is 6.07 Å². The van der Waals surface area contributed by atoms with Crippen LogP contribution in [0.25, 0.3) is 0 Å². The van der Waals surface area contributed by atoms with Crippen molar-refractivity contribution >= 4 is 74.8 Å². The van der Waals surface area contributed by atoms with Crippen LogP contribution in [0.15, 0.2) is 47.4 Å². The normalized spacial score (nSPS) is 14.6. The Hall–Kier alpha value is -2.52. The number of thiophene rings is 1.